The van der Waals surface area contributed by atoms with Crippen molar-refractivity contribution in [3.8, 4) is 16.9 Å². The van der Waals surface area contributed by atoms with Crippen LogP contribution in [0.3, 0.4) is 0 Å². The van der Waals surface area contributed by atoms with Gasteiger partial charge in [-0.2, -0.15) is 0 Å². The molecular formula is C17H20FNO. The van der Waals surface area contributed by atoms with Gasteiger partial charge in [0.05, 0.1) is 7.11 Å². The lowest BCUT2D eigenvalue weighted by Gasteiger charge is -2.12. The maximum Gasteiger partial charge on any atom is 0.123 e. The van der Waals surface area contributed by atoms with Crippen LogP contribution in [-0.2, 0) is 6.54 Å². The third kappa shape index (κ3) is 3.17. The Morgan fingerprint density at radius 2 is 1.95 bits per heavy atom. The number of halogens is 1. The van der Waals surface area contributed by atoms with Gasteiger partial charge in [0.15, 0.2) is 0 Å². The molecule has 2 aromatic carbocycles. The van der Waals surface area contributed by atoms with Crippen LogP contribution >= 0.6 is 0 Å². The fourth-order valence-electron chi connectivity index (χ4n) is 2.28. The number of aryl methyl sites for hydroxylation is 1. The van der Waals surface area contributed by atoms with Crippen molar-refractivity contribution in [2.45, 2.75) is 20.4 Å². The molecule has 0 aliphatic rings. The molecule has 0 aliphatic heterocycles. The van der Waals surface area contributed by atoms with Gasteiger partial charge in [0.25, 0.3) is 0 Å². The fourth-order valence-corrected chi connectivity index (χ4v) is 2.28. The highest BCUT2D eigenvalue weighted by atomic mass is 19.1. The van der Waals surface area contributed by atoms with Crippen LogP contribution in [0.25, 0.3) is 11.1 Å². The van der Waals surface area contributed by atoms with Crippen LogP contribution in [0.15, 0.2) is 36.4 Å². The maximum atomic E-state index is 13.6. The topological polar surface area (TPSA) is 21.3 Å². The zero-order valence-electron chi connectivity index (χ0n) is 12.2. The van der Waals surface area contributed by atoms with E-state index in [1.54, 1.807) is 13.2 Å². The van der Waals surface area contributed by atoms with E-state index < -0.39 is 0 Å². The molecule has 0 heterocycles. The zero-order valence-corrected chi connectivity index (χ0v) is 12.2. The Labute approximate surface area is 119 Å². The molecule has 0 spiro atoms. The molecule has 0 saturated heterocycles. The summed E-state index contributed by atoms with van der Waals surface area (Å²) >= 11 is 0. The largest absolute Gasteiger partial charge is 0.496 e. The summed E-state index contributed by atoms with van der Waals surface area (Å²) < 4.78 is 18.8. The first-order valence-corrected chi connectivity index (χ1v) is 6.80. The first-order chi connectivity index (χ1) is 9.65. The summed E-state index contributed by atoms with van der Waals surface area (Å²) in [5.74, 6) is 0.632. The number of benzene rings is 2. The SMILES string of the molecule is CCNCc1ccc(F)cc1-c1ccc(OC)c(C)c1. The second-order valence-corrected chi connectivity index (χ2v) is 4.77. The van der Waals surface area contributed by atoms with Crippen LogP contribution in [0, 0.1) is 12.7 Å². The lowest BCUT2D eigenvalue weighted by molar-refractivity contribution is 0.412. The summed E-state index contributed by atoms with van der Waals surface area (Å²) in [6.07, 6.45) is 0. The van der Waals surface area contributed by atoms with E-state index in [0.29, 0.717) is 0 Å². The highest BCUT2D eigenvalue weighted by Crippen LogP contribution is 2.29. The van der Waals surface area contributed by atoms with Gasteiger partial charge < -0.3 is 10.1 Å². The predicted octanol–water partition coefficient (Wildman–Crippen LogP) is 3.92. The number of ether oxygens (including phenoxy) is 1. The van der Waals surface area contributed by atoms with E-state index >= 15 is 0 Å². The van der Waals surface area contributed by atoms with E-state index in [9.17, 15) is 4.39 Å². The van der Waals surface area contributed by atoms with E-state index in [-0.39, 0.29) is 5.82 Å². The first-order valence-electron chi connectivity index (χ1n) is 6.80. The van der Waals surface area contributed by atoms with Crippen molar-refractivity contribution >= 4 is 0 Å². The molecule has 106 valence electrons. The van der Waals surface area contributed by atoms with Crippen molar-refractivity contribution in [1.82, 2.24) is 5.32 Å². The monoisotopic (exact) mass is 273 g/mol. The molecule has 0 radical (unpaired) electrons. The second kappa shape index (κ2) is 6.53. The number of nitrogens with one attached hydrogen (secondary N) is 1. The number of hydrogen-bond acceptors (Lipinski definition) is 2. The first kappa shape index (κ1) is 14.5. The van der Waals surface area contributed by atoms with Crippen molar-refractivity contribution < 1.29 is 9.13 Å². The summed E-state index contributed by atoms with van der Waals surface area (Å²) in [7, 11) is 1.65. The molecule has 1 N–H and O–H groups in total. The summed E-state index contributed by atoms with van der Waals surface area (Å²) in [5.41, 5.74) is 4.08. The van der Waals surface area contributed by atoms with Crippen LogP contribution < -0.4 is 10.1 Å². The maximum absolute atomic E-state index is 13.6. The minimum absolute atomic E-state index is 0.214. The van der Waals surface area contributed by atoms with Gasteiger partial charge in [0.2, 0.25) is 0 Å². The molecule has 0 unspecified atom stereocenters. The Hall–Kier alpha value is -1.87. The van der Waals surface area contributed by atoms with E-state index in [1.165, 1.54) is 6.07 Å². The summed E-state index contributed by atoms with van der Waals surface area (Å²) in [4.78, 5) is 0. The van der Waals surface area contributed by atoms with Crippen LogP contribution in [0.5, 0.6) is 5.75 Å². The Morgan fingerprint density at radius 3 is 2.60 bits per heavy atom. The summed E-state index contributed by atoms with van der Waals surface area (Å²) in [5, 5.41) is 3.28. The van der Waals surface area contributed by atoms with Gasteiger partial charge in [0, 0.05) is 6.54 Å². The summed E-state index contributed by atoms with van der Waals surface area (Å²) in [6, 6.07) is 10.9. The minimum atomic E-state index is -0.214. The molecule has 0 aliphatic carbocycles. The summed E-state index contributed by atoms with van der Waals surface area (Å²) in [6.45, 7) is 5.67. The molecule has 0 bridgehead atoms. The molecular weight excluding hydrogens is 253 g/mol. The molecule has 20 heavy (non-hydrogen) atoms. The molecule has 0 saturated carbocycles. The van der Waals surface area contributed by atoms with Gasteiger partial charge in [-0.25, -0.2) is 4.39 Å². The number of hydrogen-bond donors (Lipinski definition) is 1. The van der Waals surface area contributed by atoms with E-state index in [0.717, 1.165) is 41.1 Å². The van der Waals surface area contributed by atoms with Gasteiger partial charge in [-0.15, -0.1) is 0 Å². The van der Waals surface area contributed by atoms with E-state index in [2.05, 4.69) is 12.2 Å². The molecule has 0 fully saturated rings. The third-order valence-electron chi connectivity index (χ3n) is 3.34. The molecule has 0 amide bonds. The molecule has 2 rings (SSSR count). The van der Waals surface area contributed by atoms with Crippen molar-refractivity contribution in [1.29, 1.82) is 0 Å². The molecule has 2 aromatic rings. The number of methoxy groups -OCH3 is 1. The molecule has 0 aromatic heterocycles. The molecule has 0 atom stereocenters. The zero-order chi connectivity index (χ0) is 14.5. The Balaban J connectivity index is 2.44. The van der Waals surface area contributed by atoms with Crippen LogP contribution in [0.2, 0.25) is 0 Å². The average molecular weight is 273 g/mol. The van der Waals surface area contributed by atoms with Gasteiger partial charge in [-0.3, -0.25) is 0 Å². The van der Waals surface area contributed by atoms with Gasteiger partial charge in [-0.1, -0.05) is 19.1 Å². The lowest BCUT2D eigenvalue weighted by Crippen LogP contribution is -2.12. The van der Waals surface area contributed by atoms with E-state index in [1.807, 2.05) is 31.2 Å². The average Bonchev–Trinajstić information content (AvgIpc) is 2.46. The van der Waals surface area contributed by atoms with Crippen LogP contribution in [-0.4, -0.2) is 13.7 Å². The minimum Gasteiger partial charge on any atom is -0.496 e. The predicted molar refractivity (Wildman–Crippen MR) is 80.5 cm³/mol. The number of rotatable bonds is 5. The Morgan fingerprint density at radius 1 is 1.15 bits per heavy atom. The van der Waals surface area contributed by atoms with Crippen molar-refractivity contribution in [2.75, 3.05) is 13.7 Å². The quantitative estimate of drug-likeness (QED) is 0.891. The molecule has 3 heteroatoms. The highest BCUT2D eigenvalue weighted by Gasteiger charge is 2.08. The van der Waals surface area contributed by atoms with E-state index in [4.69, 9.17) is 4.74 Å². The van der Waals surface area contributed by atoms with Crippen LogP contribution in [0.4, 0.5) is 4.39 Å². The van der Waals surface area contributed by atoms with Gasteiger partial charge >= 0.3 is 0 Å². The van der Waals surface area contributed by atoms with Gasteiger partial charge in [-0.05, 0) is 60.0 Å². The van der Waals surface area contributed by atoms with Gasteiger partial charge in [0.1, 0.15) is 11.6 Å². The fraction of sp³-hybridized carbons (Fsp3) is 0.294. The van der Waals surface area contributed by atoms with Crippen molar-refractivity contribution in [2.24, 2.45) is 0 Å². The molecule has 2 nitrogen and oxygen atoms in total. The van der Waals surface area contributed by atoms with Crippen molar-refractivity contribution in [3.63, 3.8) is 0 Å². The smallest absolute Gasteiger partial charge is 0.123 e. The Kier molecular flexibility index (Phi) is 4.74. The second-order valence-electron chi connectivity index (χ2n) is 4.77. The third-order valence-corrected chi connectivity index (χ3v) is 3.34. The normalized spacial score (nSPS) is 10.6. The lowest BCUT2D eigenvalue weighted by atomic mass is 9.97. The van der Waals surface area contributed by atoms with Crippen LogP contribution in [0.1, 0.15) is 18.1 Å². The standard InChI is InChI=1S/C17H20FNO/c1-4-19-11-14-5-7-15(18)10-16(14)13-6-8-17(20-3)12(2)9-13/h5-10,19H,4,11H2,1-3H3. The van der Waals surface area contributed by atoms with Crippen molar-refractivity contribution in [3.05, 3.63) is 53.3 Å². The Bertz CT molecular complexity index is 596. The highest BCUT2D eigenvalue weighted by molar-refractivity contribution is 5.69.